The Morgan fingerprint density at radius 1 is 1.32 bits per heavy atom. The van der Waals surface area contributed by atoms with E-state index < -0.39 is 11.6 Å². The van der Waals surface area contributed by atoms with Crippen LogP contribution in [0.1, 0.15) is 16.8 Å². The maximum absolute atomic E-state index is 13.1. The molecule has 1 aromatic carbocycles. The normalized spacial score (nSPS) is 10.5. The van der Waals surface area contributed by atoms with Crippen molar-refractivity contribution in [2.45, 2.75) is 6.42 Å². The zero-order chi connectivity index (χ0) is 14.3. The molecule has 1 rings (SSSR count). The van der Waals surface area contributed by atoms with Crippen LogP contribution in [0.4, 0.5) is 8.78 Å². The second-order valence-corrected chi connectivity index (χ2v) is 4.06. The van der Waals surface area contributed by atoms with Gasteiger partial charge in [0, 0.05) is 25.8 Å². The predicted molar refractivity (Wildman–Crippen MR) is 67.8 cm³/mol. The second-order valence-electron chi connectivity index (χ2n) is 4.06. The molecule has 0 bridgehead atoms. The van der Waals surface area contributed by atoms with Crippen LogP contribution in [0.3, 0.4) is 0 Å². The standard InChI is InChI=1S/C13H18F2N2O2/c1-19-8-7-17(6-2-5-16)13(18)10-3-4-11(14)12(15)9-10/h3-4,9H,2,5-8,16H2,1H3. The van der Waals surface area contributed by atoms with Gasteiger partial charge >= 0.3 is 0 Å². The molecule has 1 aromatic rings. The molecule has 0 spiro atoms. The molecule has 0 atom stereocenters. The van der Waals surface area contributed by atoms with E-state index in [4.69, 9.17) is 10.5 Å². The lowest BCUT2D eigenvalue weighted by molar-refractivity contribution is 0.0694. The fourth-order valence-electron chi connectivity index (χ4n) is 1.61. The molecule has 4 nitrogen and oxygen atoms in total. The summed E-state index contributed by atoms with van der Waals surface area (Å²) in [6.45, 7) is 1.67. The van der Waals surface area contributed by atoms with Crippen LogP contribution in [-0.2, 0) is 4.74 Å². The highest BCUT2D eigenvalue weighted by atomic mass is 19.2. The van der Waals surface area contributed by atoms with Crippen LogP contribution < -0.4 is 5.73 Å². The predicted octanol–water partition coefficient (Wildman–Crippen LogP) is 1.40. The topological polar surface area (TPSA) is 55.6 Å². The van der Waals surface area contributed by atoms with E-state index in [1.165, 1.54) is 18.1 Å². The molecule has 1 amide bonds. The largest absolute Gasteiger partial charge is 0.383 e. The number of carbonyl (C=O) groups is 1. The Balaban J connectivity index is 2.81. The minimum atomic E-state index is -1.03. The first kappa shape index (κ1) is 15.5. The first-order valence-corrected chi connectivity index (χ1v) is 6.03. The van der Waals surface area contributed by atoms with Crippen LogP contribution in [0.25, 0.3) is 0 Å². The van der Waals surface area contributed by atoms with Gasteiger partial charge in [-0.3, -0.25) is 4.79 Å². The molecule has 0 aromatic heterocycles. The highest BCUT2D eigenvalue weighted by Crippen LogP contribution is 2.11. The van der Waals surface area contributed by atoms with Gasteiger partial charge in [-0.2, -0.15) is 0 Å². The Morgan fingerprint density at radius 3 is 2.63 bits per heavy atom. The Hall–Kier alpha value is -1.53. The third kappa shape index (κ3) is 4.57. The highest BCUT2D eigenvalue weighted by molar-refractivity contribution is 5.94. The van der Waals surface area contributed by atoms with Crippen LogP contribution in [0.5, 0.6) is 0 Å². The van der Waals surface area contributed by atoms with Gasteiger partial charge in [0.15, 0.2) is 11.6 Å². The first-order chi connectivity index (χ1) is 9.10. The van der Waals surface area contributed by atoms with Crippen molar-refractivity contribution in [2.75, 3.05) is 33.4 Å². The minimum Gasteiger partial charge on any atom is -0.383 e. The maximum Gasteiger partial charge on any atom is 0.254 e. The molecule has 0 saturated carbocycles. The van der Waals surface area contributed by atoms with Gasteiger partial charge in [-0.25, -0.2) is 8.78 Å². The number of hydrogen-bond acceptors (Lipinski definition) is 3. The van der Waals surface area contributed by atoms with Gasteiger partial charge in [0.05, 0.1) is 6.61 Å². The number of nitrogens with two attached hydrogens (primary N) is 1. The van der Waals surface area contributed by atoms with Crippen molar-refractivity contribution >= 4 is 5.91 Å². The smallest absolute Gasteiger partial charge is 0.254 e. The molecule has 0 saturated heterocycles. The first-order valence-electron chi connectivity index (χ1n) is 6.03. The number of halogens is 2. The monoisotopic (exact) mass is 272 g/mol. The van der Waals surface area contributed by atoms with E-state index in [1.54, 1.807) is 0 Å². The molecular weight excluding hydrogens is 254 g/mol. The van der Waals surface area contributed by atoms with Gasteiger partial charge in [0.2, 0.25) is 0 Å². The molecular formula is C13H18F2N2O2. The quantitative estimate of drug-likeness (QED) is 0.816. The van der Waals surface area contributed by atoms with Gasteiger partial charge in [0.25, 0.3) is 5.91 Å². The van der Waals surface area contributed by atoms with E-state index in [2.05, 4.69) is 0 Å². The van der Waals surface area contributed by atoms with Gasteiger partial charge < -0.3 is 15.4 Å². The van der Waals surface area contributed by atoms with Crippen molar-refractivity contribution in [1.82, 2.24) is 4.90 Å². The number of hydrogen-bond donors (Lipinski definition) is 1. The number of rotatable bonds is 7. The second kappa shape index (κ2) is 7.81. The van der Waals surface area contributed by atoms with E-state index in [1.807, 2.05) is 0 Å². The molecule has 0 aliphatic rings. The average molecular weight is 272 g/mol. The summed E-state index contributed by atoms with van der Waals surface area (Å²) in [4.78, 5) is 13.7. The number of methoxy groups -OCH3 is 1. The average Bonchev–Trinajstić information content (AvgIpc) is 2.41. The molecule has 2 N–H and O–H groups in total. The summed E-state index contributed by atoms with van der Waals surface area (Å²) in [5.41, 5.74) is 5.53. The van der Waals surface area contributed by atoms with Gasteiger partial charge in [-0.1, -0.05) is 0 Å². The number of benzene rings is 1. The van der Waals surface area contributed by atoms with Gasteiger partial charge in [0.1, 0.15) is 0 Å². The van der Waals surface area contributed by atoms with Crippen LogP contribution in [0.15, 0.2) is 18.2 Å². The summed E-state index contributed by atoms with van der Waals surface area (Å²) in [5, 5.41) is 0. The Bertz CT molecular complexity index is 419. The number of amides is 1. The minimum absolute atomic E-state index is 0.118. The van der Waals surface area contributed by atoms with Crippen molar-refractivity contribution in [3.8, 4) is 0 Å². The van der Waals surface area contributed by atoms with Crippen molar-refractivity contribution < 1.29 is 18.3 Å². The van der Waals surface area contributed by atoms with E-state index >= 15 is 0 Å². The van der Waals surface area contributed by atoms with E-state index in [9.17, 15) is 13.6 Å². The Labute approximate surface area is 111 Å². The van der Waals surface area contributed by atoms with Crippen LogP contribution in [-0.4, -0.2) is 44.2 Å². The molecule has 0 fully saturated rings. The zero-order valence-electron chi connectivity index (χ0n) is 10.9. The van der Waals surface area contributed by atoms with Crippen molar-refractivity contribution in [3.05, 3.63) is 35.4 Å². The number of ether oxygens (including phenoxy) is 1. The third-order valence-corrected chi connectivity index (χ3v) is 2.65. The van der Waals surface area contributed by atoms with E-state index in [-0.39, 0.29) is 11.5 Å². The molecule has 0 radical (unpaired) electrons. The lowest BCUT2D eigenvalue weighted by Crippen LogP contribution is -2.35. The fraction of sp³-hybridized carbons (Fsp3) is 0.462. The van der Waals surface area contributed by atoms with Gasteiger partial charge in [-0.15, -0.1) is 0 Å². The molecule has 106 valence electrons. The number of carbonyl (C=O) groups excluding carboxylic acids is 1. The fourth-order valence-corrected chi connectivity index (χ4v) is 1.61. The maximum atomic E-state index is 13.1. The van der Waals surface area contributed by atoms with Crippen LogP contribution >= 0.6 is 0 Å². The summed E-state index contributed by atoms with van der Waals surface area (Å²) in [5.74, 6) is -2.36. The van der Waals surface area contributed by atoms with E-state index in [0.717, 1.165) is 12.1 Å². The Morgan fingerprint density at radius 2 is 2.05 bits per heavy atom. The van der Waals surface area contributed by atoms with Crippen molar-refractivity contribution in [2.24, 2.45) is 5.73 Å². The molecule has 6 heteroatoms. The molecule has 0 heterocycles. The SMILES string of the molecule is COCCN(CCCN)C(=O)c1ccc(F)c(F)c1. The van der Waals surface area contributed by atoms with E-state index in [0.29, 0.717) is 32.7 Å². The summed E-state index contributed by atoms with van der Waals surface area (Å²) in [6, 6.07) is 3.11. The summed E-state index contributed by atoms with van der Waals surface area (Å²) < 4.78 is 30.9. The third-order valence-electron chi connectivity index (χ3n) is 2.65. The molecule has 19 heavy (non-hydrogen) atoms. The molecule has 0 aliphatic heterocycles. The highest BCUT2D eigenvalue weighted by Gasteiger charge is 2.16. The Kier molecular flexibility index (Phi) is 6.38. The number of nitrogens with zero attached hydrogens (tertiary/aromatic N) is 1. The summed E-state index contributed by atoms with van der Waals surface area (Å²) in [6.07, 6.45) is 0.638. The lowest BCUT2D eigenvalue weighted by Gasteiger charge is -2.22. The van der Waals surface area contributed by atoms with Crippen LogP contribution in [0, 0.1) is 11.6 Å². The zero-order valence-corrected chi connectivity index (χ0v) is 10.9. The molecule has 0 unspecified atom stereocenters. The summed E-state index contributed by atoms with van der Waals surface area (Å²) >= 11 is 0. The van der Waals surface area contributed by atoms with Crippen LogP contribution in [0.2, 0.25) is 0 Å². The lowest BCUT2D eigenvalue weighted by atomic mass is 10.2. The molecule has 0 aliphatic carbocycles. The van der Waals surface area contributed by atoms with Crippen molar-refractivity contribution in [3.63, 3.8) is 0 Å². The summed E-state index contributed by atoms with van der Waals surface area (Å²) in [7, 11) is 1.53. The van der Waals surface area contributed by atoms with Crippen molar-refractivity contribution in [1.29, 1.82) is 0 Å². The van der Waals surface area contributed by atoms with Gasteiger partial charge in [-0.05, 0) is 31.2 Å².